The van der Waals surface area contributed by atoms with Crippen LogP contribution in [0.1, 0.15) is 46.4 Å². The molecule has 0 unspecified atom stereocenters. The van der Waals surface area contributed by atoms with Crippen LogP contribution in [0, 0.1) is 0 Å². The van der Waals surface area contributed by atoms with Gasteiger partial charge in [-0.1, -0.05) is 29.3 Å². The van der Waals surface area contributed by atoms with Gasteiger partial charge in [-0.2, -0.15) is 0 Å². The monoisotopic (exact) mass is 395 g/mol. The standard InChI is InChI=1S/C18H26BrN3O2/c1-5-6-11-22-15-12-13(19)7-8-14(15)21-16(22)9-10-20-17(23)24-18(2,3)4/h7-8,12H,5-6,9-11H2,1-4H3,(H,20,23). The highest BCUT2D eigenvalue weighted by molar-refractivity contribution is 9.10. The number of halogens is 1. The topological polar surface area (TPSA) is 56.2 Å². The molecule has 0 radical (unpaired) electrons. The molecule has 0 aliphatic rings. The van der Waals surface area contributed by atoms with Gasteiger partial charge in [0.1, 0.15) is 11.4 Å². The second kappa shape index (κ2) is 8.01. The van der Waals surface area contributed by atoms with Crippen molar-refractivity contribution in [3.63, 3.8) is 0 Å². The Bertz CT molecular complexity index is 704. The minimum Gasteiger partial charge on any atom is -0.444 e. The number of aryl methyl sites for hydroxylation is 1. The maximum Gasteiger partial charge on any atom is 0.407 e. The average molecular weight is 396 g/mol. The van der Waals surface area contributed by atoms with E-state index in [9.17, 15) is 4.79 Å². The van der Waals surface area contributed by atoms with E-state index in [1.54, 1.807) is 0 Å². The van der Waals surface area contributed by atoms with Gasteiger partial charge in [0.15, 0.2) is 0 Å². The zero-order valence-corrected chi connectivity index (χ0v) is 16.4. The molecule has 1 N–H and O–H groups in total. The number of benzene rings is 1. The number of hydrogen-bond donors (Lipinski definition) is 1. The third-order valence-electron chi connectivity index (χ3n) is 3.54. The summed E-state index contributed by atoms with van der Waals surface area (Å²) in [6.45, 7) is 9.19. The van der Waals surface area contributed by atoms with Crippen molar-refractivity contribution < 1.29 is 9.53 Å². The number of imidazole rings is 1. The Hall–Kier alpha value is -1.56. The van der Waals surface area contributed by atoms with E-state index in [1.165, 1.54) is 0 Å². The van der Waals surface area contributed by atoms with Crippen LogP contribution in [0.5, 0.6) is 0 Å². The fourth-order valence-corrected chi connectivity index (χ4v) is 2.84. The van der Waals surface area contributed by atoms with Crippen molar-refractivity contribution in [2.75, 3.05) is 6.54 Å². The fourth-order valence-electron chi connectivity index (χ4n) is 2.49. The Labute approximate surface area is 151 Å². The lowest BCUT2D eigenvalue weighted by Gasteiger charge is -2.19. The van der Waals surface area contributed by atoms with E-state index in [0.717, 1.165) is 40.7 Å². The van der Waals surface area contributed by atoms with Gasteiger partial charge in [0.2, 0.25) is 0 Å². The number of nitrogens with zero attached hydrogens (tertiary/aromatic N) is 2. The van der Waals surface area contributed by atoms with Crippen LogP contribution in [-0.4, -0.2) is 27.8 Å². The lowest BCUT2D eigenvalue weighted by Crippen LogP contribution is -2.33. The number of hydrogen-bond acceptors (Lipinski definition) is 3. The van der Waals surface area contributed by atoms with Gasteiger partial charge in [-0.3, -0.25) is 0 Å². The fraction of sp³-hybridized carbons (Fsp3) is 0.556. The summed E-state index contributed by atoms with van der Waals surface area (Å²) in [6, 6.07) is 6.12. The summed E-state index contributed by atoms with van der Waals surface area (Å²) < 4.78 is 8.56. The van der Waals surface area contributed by atoms with E-state index in [4.69, 9.17) is 9.72 Å². The van der Waals surface area contributed by atoms with E-state index in [2.05, 4.69) is 38.8 Å². The first kappa shape index (κ1) is 18.8. The molecule has 0 fully saturated rings. The summed E-state index contributed by atoms with van der Waals surface area (Å²) in [7, 11) is 0. The zero-order chi connectivity index (χ0) is 17.7. The van der Waals surface area contributed by atoms with Gasteiger partial charge in [-0.25, -0.2) is 9.78 Å². The number of aromatic nitrogens is 2. The van der Waals surface area contributed by atoms with Crippen LogP contribution in [0.15, 0.2) is 22.7 Å². The highest BCUT2D eigenvalue weighted by Gasteiger charge is 2.16. The summed E-state index contributed by atoms with van der Waals surface area (Å²) in [5, 5.41) is 2.80. The predicted molar refractivity (Wildman–Crippen MR) is 100 cm³/mol. The molecule has 1 amide bonds. The number of fused-ring (bicyclic) bond motifs is 1. The van der Waals surface area contributed by atoms with Gasteiger partial charge >= 0.3 is 6.09 Å². The minimum atomic E-state index is -0.482. The maximum absolute atomic E-state index is 11.8. The van der Waals surface area contributed by atoms with Crippen LogP contribution < -0.4 is 5.32 Å². The average Bonchev–Trinajstić information content (AvgIpc) is 2.80. The summed E-state index contributed by atoms with van der Waals surface area (Å²) in [4.78, 5) is 16.5. The molecular weight excluding hydrogens is 370 g/mol. The summed E-state index contributed by atoms with van der Waals surface area (Å²) in [6.07, 6.45) is 2.52. The van der Waals surface area contributed by atoms with Gasteiger partial charge in [0, 0.05) is 24.0 Å². The molecule has 0 saturated heterocycles. The molecule has 5 nitrogen and oxygen atoms in total. The Kier molecular flexibility index (Phi) is 6.27. The number of carbonyl (C=O) groups is 1. The zero-order valence-electron chi connectivity index (χ0n) is 14.9. The van der Waals surface area contributed by atoms with E-state index in [-0.39, 0.29) is 6.09 Å². The highest BCUT2D eigenvalue weighted by atomic mass is 79.9. The molecule has 0 atom stereocenters. The van der Waals surface area contributed by atoms with Gasteiger partial charge in [0.25, 0.3) is 0 Å². The van der Waals surface area contributed by atoms with Crippen LogP contribution in [0.3, 0.4) is 0 Å². The van der Waals surface area contributed by atoms with E-state index in [0.29, 0.717) is 13.0 Å². The predicted octanol–water partition coefficient (Wildman–Crippen LogP) is 4.67. The van der Waals surface area contributed by atoms with Crippen molar-refractivity contribution in [2.24, 2.45) is 0 Å². The maximum atomic E-state index is 11.8. The van der Waals surface area contributed by atoms with Crippen molar-refractivity contribution in [3.05, 3.63) is 28.5 Å². The molecule has 1 aromatic heterocycles. The number of carbonyl (C=O) groups excluding carboxylic acids is 1. The molecule has 6 heteroatoms. The number of alkyl carbamates (subject to hydrolysis) is 1. The third kappa shape index (κ3) is 5.23. The molecule has 1 aromatic carbocycles. The van der Waals surface area contributed by atoms with Crippen LogP contribution in [-0.2, 0) is 17.7 Å². The SMILES string of the molecule is CCCCn1c(CCNC(=O)OC(C)(C)C)nc2ccc(Br)cc21. The third-order valence-corrected chi connectivity index (χ3v) is 4.03. The van der Waals surface area contributed by atoms with Gasteiger partial charge in [0.05, 0.1) is 11.0 Å². The Morgan fingerprint density at radius 1 is 1.38 bits per heavy atom. The molecule has 0 spiro atoms. The van der Waals surface area contributed by atoms with Crippen molar-refractivity contribution in [3.8, 4) is 0 Å². The van der Waals surface area contributed by atoms with Crippen LogP contribution in [0.2, 0.25) is 0 Å². The van der Waals surface area contributed by atoms with Crippen molar-refractivity contribution in [2.45, 2.75) is 59.1 Å². The van der Waals surface area contributed by atoms with Crippen LogP contribution in [0.4, 0.5) is 4.79 Å². The molecule has 0 saturated carbocycles. The molecule has 24 heavy (non-hydrogen) atoms. The normalized spacial score (nSPS) is 11.7. The second-order valence-corrected chi connectivity index (χ2v) is 7.76. The molecular formula is C18H26BrN3O2. The first-order valence-corrected chi connectivity index (χ1v) is 9.21. The Balaban J connectivity index is 2.08. The van der Waals surface area contributed by atoms with Crippen molar-refractivity contribution >= 4 is 33.1 Å². The summed E-state index contributed by atoms with van der Waals surface area (Å²) in [5.41, 5.74) is 1.64. The molecule has 2 aromatic rings. The largest absolute Gasteiger partial charge is 0.444 e. The lowest BCUT2D eigenvalue weighted by atomic mass is 10.2. The second-order valence-electron chi connectivity index (χ2n) is 6.84. The van der Waals surface area contributed by atoms with Crippen LogP contribution >= 0.6 is 15.9 Å². The van der Waals surface area contributed by atoms with Gasteiger partial charge in [-0.05, 0) is 45.4 Å². The van der Waals surface area contributed by atoms with Crippen molar-refractivity contribution in [1.82, 2.24) is 14.9 Å². The van der Waals surface area contributed by atoms with E-state index >= 15 is 0 Å². The quantitative estimate of drug-likeness (QED) is 0.772. The van der Waals surface area contributed by atoms with Gasteiger partial charge < -0.3 is 14.6 Å². The summed E-state index contributed by atoms with van der Waals surface area (Å²) >= 11 is 3.53. The molecule has 0 aliphatic carbocycles. The summed E-state index contributed by atoms with van der Waals surface area (Å²) in [5.74, 6) is 0.993. The lowest BCUT2D eigenvalue weighted by molar-refractivity contribution is 0.0528. The van der Waals surface area contributed by atoms with E-state index in [1.807, 2.05) is 32.9 Å². The molecule has 0 aliphatic heterocycles. The number of ether oxygens (including phenoxy) is 1. The first-order valence-electron chi connectivity index (χ1n) is 8.41. The Morgan fingerprint density at radius 3 is 2.79 bits per heavy atom. The smallest absolute Gasteiger partial charge is 0.407 e. The van der Waals surface area contributed by atoms with Gasteiger partial charge in [-0.15, -0.1) is 0 Å². The molecule has 2 rings (SSSR count). The number of unbranched alkanes of at least 4 members (excludes halogenated alkanes) is 1. The highest BCUT2D eigenvalue weighted by Crippen LogP contribution is 2.22. The molecule has 0 bridgehead atoms. The molecule has 132 valence electrons. The van der Waals surface area contributed by atoms with Crippen LogP contribution in [0.25, 0.3) is 11.0 Å². The number of amides is 1. The first-order chi connectivity index (χ1) is 11.3. The Morgan fingerprint density at radius 2 is 2.12 bits per heavy atom. The van der Waals surface area contributed by atoms with Crippen molar-refractivity contribution in [1.29, 1.82) is 0 Å². The number of nitrogens with one attached hydrogen (secondary N) is 1. The minimum absolute atomic E-state index is 0.388. The number of rotatable bonds is 6. The molecule has 1 heterocycles. The van der Waals surface area contributed by atoms with E-state index < -0.39 is 5.60 Å².